The van der Waals surface area contributed by atoms with E-state index in [4.69, 9.17) is 14.2 Å². The van der Waals surface area contributed by atoms with Gasteiger partial charge in [0.05, 0.1) is 0 Å². The van der Waals surface area contributed by atoms with E-state index in [1.807, 2.05) is 27.7 Å². The van der Waals surface area contributed by atoms with Crippen molar-refractivity contribution in [3.63, 3.8) is 0 Å². The molecular formula is C16H20I2O5. The Balaban J connectivity index is 2.64. The Bertz CT molecular complexity index is 552. The van der Waals surface area contributed by atoms with Crippen LogP contribution in [0.4, 0.5) is 4.79 Å². The van der Waals surface area contributed by atoms with Gasteiger partial charge in [-0.3, -0.25) is 4.79 Å². The SMILES string of the molecule is CCC(C)(C)OC(=O)Oc1ccc(OC(=O)C(C)(I)CI)cc1. The fraction of sp³-hybridized carbons (Fsp3) is 0.500. The molecule has 0 aliphatic heterocycles. The van der Waals surface area contributed by atoms with Crippen molar-refractivity contribution in [1.29, 1.82) is 0 Å². The lowest BCUT2D eigenvalue weighted by Crippen LogP contribution is -2.34. The smallest absolute Gasteiger partial charge is 0.428 e. The standard InChI is InChI=1S/C16H20I2O5/c1-5-15(2,3)23-14(20)22-12-8-6-11(7-9-12)21-13(19)16(4,18)10-17/h6-9H,5,10H2,1-4H3. The molecule has 0 bridgehead atoms. The maximum atomic E-state index is 12.0. The van der Waals surface area contributed by atoms with E-state index in [1.165, 1.54) is 0 Å². The molecule has 5 nitrogen and oxygen atoms in total. The van der Waals surface area contributed by atoms with Crippen molar-refractivity contribution in [1.82, 2.24) is 0 Å². The first-order chi connectivity index (χ1) is 10.6. The first-order valence-corrected chi connectivity index (χ1v) is 9.68. The van der Waals surface area contributed by atoms with Gasteiger partial charge in [0.1, 0.15) is 20.5 Å². The van der Waals surface area contributed by atoms with Crippen molar-refractivity contribution in [2.45, 2.75) is 43.1 Å². The number of carbonyl (C=O) groups excluding carboxylic acids is 2. The van der Waals surface area contributed by atoms with Crippen LogP contribution in [0.5, 0.6) is 11.5 Å². The normalized spacial score (nSPS) is 13.8. The van der Waals surface area contributed by atoms with Gasteiger partial charge in [-0.2, -0.15) is 0 Å². The monoisotopic (exact) mass is 546 g/mol. The van der Waals surface area contributed by atoms with Crippen LogP contribution in [0.2, 0.25) is 0 Å². The summed E-state index contributed by atoms with van der Waals surface area (Å²) >= 11 is 4.20. The first-order valence-electron chi connectivity index (χ1n) is 7.07. The quantitative estimate of drug-likeness (QED) is 0.167. The molecular weight excluding hydrogens is 526 g/mol. The van der Waals surface area contributed by atoms with Crippen LogP contribution in [0.25, 0.3) is 0 Å². The molecule has 23 heavy (non-hydrogen) atoms. The maximum Gasteiger partial charge on any atom is 0.514 e. The van der Waals surface area contributed by atoms with Crippen LogP contribution in [-0.2, 0) is 9.53 Å². The average molecular weight is 546 g/mol. The topological polar surface area (TPSA) is 61.8 Å². The van der Waals surface area contributed by atoms with Crippen molar-refractivity contribution in [3.8, 4) is 11.5 Å². The zero-order valence-corrected chi connectivity index (χ0v) is 17.8. The van der Waals surface area contributed by atoms with E-state index in [2.05, 4.69) is 45.2 Å². The molecule has 0 saturated carbocycles. The Morgan fingerprint density at radius 1 is 1.04 bits per heavy atom. The second-order valence-corrected chi connectivity index (χ2v) is 8.90. The predicted molar refractivity (Wildman–Crippen MR) is 105 cm³/mol. The Morgan fingerprint density at radius 2 is 1.52 bits per heavy atom. The molecule has 0 aromatic heterocycles. The summed E-state index contributed by atoms with van der Waals surface area (Å²) in [5.41, 5.74) is -0.573. The minimum Gasteiger partial charge on any atom is -0.428 e. The maximum absolute atomic E-state index is 12.0. The summed E-state index contributed by atoms with van der Waals surface area (Å²) < 4.78 is 15.7. The molecule has 1 aromatic carbocycles. The van der Waals surface area contributed by atoms with Crippen LogP contribution in [0.3, 0.4) is 0 Å². The Labute approximate surface area is 163 Å². The number of ether oxygens (including phenoxy) is 3. The number of esters is 1. The molecule has 0 fully saturated rings. The molecule has 0 aliphatic rings. The lowest BCUT2D eigenvalue weighted by atomic mass is 10.1. The molecule has 1 unspecified atom stereocenters. The van der Waals surface area contributed by atoms with Crippen molar-refractivity contribution >= 4 is 57.3 Å². The third kappa shape index (κ3) is 6.82. The molecule has 0 spiro atoms. The lowest BCUT2D eigenvalue weighted by Gasteiger charge is -2.22. The van der Waals surface area contributed by atoms with E-state index in [0.717, 1.165) is 0 Å². The van der Waals surface area contributed by atoms with Crippen LogP contribution in [-0.4, -0.2) is 25.6 Å². The summed E-state index contributed by atoms with van der Waals surface area (Å²) in [7, 11) is 0. The van der Waals surface area contributed by atoms with Crippen molar-refractivity contribution in [2.24, 2.45) is 0 Å². The second-order valence-electron chi connectivity index (χ2n) is 5.76. The molecule has 0 radical (unpaired) electrons. The molecule has 1 aromatic rings. The number of rotatable bonds is 6. The Hall–Kier alpha value is -0.580. The minimum absolute atomic E-state index is 0.315. The van der Waals surface area contributed by atoms with E-state index in [-0.39, 0.29) is 5.97 Å². The summed E-state index contributed by atoms with van der Waals surface area (Å²) in [6, 6.07) is 6.26. The van der Waals surface area contributed by atoms with Gasteiger partial charge in [0.15, 0.2) is 0 Å². The van der Waals surface area contributed by atoms with Gasteiger partial charge >= 0.3 is 12.1 Å². The van der Waals surface area contributed by atoms with Gasteiger partial charge in [0, 0.05) is 4.43 Å². The highest BCUT2D eigenvalue weighted by Gasteiger charge is 2.30. The van der Waals surface area contributed by atoms with E-state index in [1.54, 1.807) is 24.3 Å². The third-order valence-corrected chi connectivity index (χ3v) is 6.93. The summed E-state index contributed by atoms with van der Waals surface area (Å²) in [4.78, 5) is 23.7. The number of benzene rings is 1. The van der Waals surface area contributed by atoms with Crippen molar-refractivity contribution in [3.05, 3.63) is 24.3 Å². The molecule has 128 valence electrons. The summed E-state index contributed by atoms with van der Waals surface area (Å²) in [5, 5.41) is 0. The highest BCUT2D eigenvalue weighted by molar-refractivity contribution is 14.1. The number of carbonyl (C=O) groups is 2. The zero-order chi connectivity index (χ0) is 17.7. The highest BCUT2D eigenvalue weighted by atomic mass is 127. The van der Waals surface area contributed by atoms with Gasteiger partial charge in [-0.15, -0.1) is 0 Å². The van der Waals surface area contributed by atoms with E-state index in [0.29, 0.717) is 22.3 Å². The van der Waals surface area contributed by atoms with Gasteiger partial charge in [-0.05, 0) is 51.5 Å². The van der Waals surface area contributed by atoms with Gasteiger partial charge < -0.3 is 14.2 Å². The zero-order valence-electron chi connectivity index (χ0n) is 13.5. The molecule has 0 aliphatic carbocycles. The van der Waals surface area contributed by atoms with Crippen LogP contribution < -0.4 is 9.47 Å². The fourth-order valence-electron chi connectivity index (χ4n) is 1.26. The van der Waals surface area contributed by atoms with Crippen LogP contribution in [0.15, 0.2) is 24.3 Å². The number of hydrogen-bond donors (Lipinski definition) is 0. The number of hydrogen-bond acceptors (Lipinski definition) is 5. The lowest BCUT2D eigenvalue weighted by molar-refractivity contribution is -0.135. The molecule has 1 atom stereocenters. The minimum atomic E-state index is -0.758. The summed E-state index contributed by atoms with van der Waals surface area (Å²) in [5.74, 6) is 0.412. The summed E-state index contributed by atoms with van der Waals surface area (Å²) in [6.07, 6.45) is -0.0746. The van der Waals surface area contributed by atoms with Gasteiger partial charge in [-0.1, -0.05) is 52.1 Å². The molecule has 0 amide bonds. The van der Waals surface area contributed by atoms with Gasteiger partial charge in [-0.25, -0.2) is 4.79 Å². The van der Waals surface area contributed by atoms with Crippen molar-refractivity contribution in [2.75, 3.05) is 4.43 Å². The predicted octanol–water partition coefficient (Wildman–Crippen LogP) is 4.92. The molecule has 0 saturated heterocycles. The van der Waals surface area contributed by atoms with Gasteiger partial charge in [0.25, 0.3) is 0 Å². The van der Waals surface area contributed by atoms with E-state index in [9.17, 15) is 9.59 Å². The fourth-order valence-corrected chi connectivity index (χ4v) is 1.68. The number of alkyl halides is 2. The Morgan fingerprint density at radius 3 is 1.96 bits per heavy atom. The van der Waals surface area contributed by atoms with E-state index < -0.39 is 15.2 Å². The third-order valence-electron chi connectivity index (χ3n) is 3.12. The second kappa shape index (κ2) is 8.50. The highest BCUT2D eigenvalue weighted by Crippen LogP contribution is 2.26. The largest absolute Gasteiger partial charge is 0.514 e. The van der Waals surface area contributed by atoms with Crippen LogP contribution in [0, 0.1) is 0 Å². The average Bonchev–Trinajstić information content (AvgIpc) is 2.48. The van der Waals surface area contributed by atoms with Crippen LogP contribution >= 0.6 is 45.2 Å². The molecule has 0 heterocycles. The molecule has 0 N–H and O–H groups in total. The summed E-state index contributed by atoms with van der Waals surface area (Å²) in [6.45, 7) is 7.36. The first kappa shape index (κ1) is 20.5. The Kier molecular flexibility index (Phi) is 7.56. The molecule has 1 rings (SSSR count). The van der Waals surface area contributed by atoms with Gasteiger partial charge in [0.2, 0.25) is 0 Å². The van der Waals surface area contributed by atoms with E-state index >= 15 is 0 Å². The van der Waals surface area contributed by atoms with Crippen molar-refractivity contribution < 1.29 is 23.8 Å². The number of halogens is 2. The molecule has 7 heteroatoms. The van der Waals surface area contributed by atoms with Crippen LogP contribution in [0.1, 0.15) is 34.1 Å².